The molecule has 0 saturated carbocycles. The molecule has 0 aliphatic rings. The predicted molar refractivity (Wildman–Crippen MR) is 94.4 cm³/mol. The van der Waals surface area contributed by atoms with Crippen LogP contribution in [0.3, 0.4) is 0 Å². The van der Waals surface area contributed by atoms with Crippen LogP contribution in [0.5, 0.6) is 0 Å². The highest BCUT2D eigenvalue weighted by molar-refractivity contribution is 6.04. The van der Waals surface area contributed by atoms with E-state index in [1.54, 1.807) is 23.0 Å². The molecule has 1 N–H and O–H groups in total. The van der Waals surface area contributed by atoms with E-state index in [-0.39, 0.29) is 5.91 Å². The molecule has 3 rings (SSSR count). The lowest BCUT2D eigenvalue weighted by Gasteiger charge is -2.10. The minimum Gasteiger partial charge on any atom is -0.322 e. The van der Waals surface area contributed by atoms with Gasteiger partial charge in [-0.15, -0.1) is 0 Å². The molecule has 6 heteroatoms. The Bertz CT molecular complexity index is 851. The zero-order chi connectivity index (χ0) is 17.1. The Labute approximate surface area is 141 Å². The fourth-order valence-corrected chi connectivity index (χ4v) is 2.47. The third kappa shape index (κ3) is 3.60. The zero-order valence-corrected chi connectivity index (χ0v) is 14.2. The molecule has 0 atom stereocenters. The standard InChI is InChI=1S/C18H21N5O/c1-13-16(12-23-17(20-13)8-10-19-23)18(24)21-15-6-4-14(5-7-15)9-11-22(2)3/h4-8,10,12H,9,11H2,1-3H3,(H,21,24). The molecule has 24 heavy (non-hydrogen) atoms. The summed E-state index contributed by atoms with van der Waals surface area (Å²) in [5, 5.41) is 7.04. The number of aryl methyl sites for hydroxylation is 1. The van der Waals surface area contributed by atoms with E-state index in [1.165, 1.54) is 5.56 Å². The average Bonchev–Trinajstić information content (AvgIpc) is 3.00. The van der Waals surface area contributed by atoms with E-state index in [1.807, 2.05) is 31.2 Å². The number of hydrogen-bond acceptors (Lipinski definition) is 4. The summed E-state index contributed by atoms with van der Waals surface area (Å²) in [6.07, 6.45) is 4.36. The van der Waals surface area contributed by atoms with Crippen molar-refractivity contribution in [2.24, 2.45) is 0 Å². The number of benzene rings is 1. The number of aromatic nitrogens is 3. The molecular formula is C18H21N5O. The maximum atomic E-state index is 12.5. The van der Waals surface area contributed by atoms with Gasteiger partial charge >= 0.3 is 0 Å². The van der Waals surface area contributed by atoms with Gasteiger partial charge in [0, 0.05) is 24.5 Å². The van der Waals surface area contributed by atoms with Gasteiger partial charge in [0.25, 0.3) is 5.91 Å². The number of rotatable bonds is 5. The first-order chi connectivity index (χ1) is 11.5. The van der Waals surface area contributed by atoms with Gasteiger partial charge in [-0.3, -0.25) is 4.79 Å². The van der Waals surface area contributed by atoms with Gasteiger partial charge in [-0.2, -0.15) is 5.10 Å². The molecular weight excluding hydrogens is 302 g/mol. The molecule has 0 unspecified atom stereocenters. The number of carbonyl (C=O) groups excluding carboxylic acids is 1. The smallest absolute Gasteiger partial charge is 0.259 e. The summed E-state index contributed by atoms with van der Waals surface area (Å²) in [4.78, 5) is 19.0. The summed E-state index contributed by atoms with van der Waals surface area (Å²) < 4.78 is 1.60. The van der Waals surface area contributed by atoms with Gasteiger partial charge in [-0.05, 0) is 45.1 Å². The van der Waals surface area contributed by atoms with Crippen LogP contribution >= 0.6 is 0 Å². The fraction of sp³-hybridized carbons (Fsp3) is 0.278. The van der Waals surface area contributed by atoms with Crippen molar-refractivity contribution in [3.05, 3.63) is 59.5 Å². The second kappa shape index (κ2) is 6.80. The molecule has 1 amide bonds. The van der Waals surface area contributed by atoms with Crippen LogP contribution in [0.2, 0.25) is 0 Å². The van der Waals surface area contributed by atoms with Crippen molar-refractivity contribution in [3.8, 4) is 0 Å². The second-order valence-electron chi connectivity index (χ2n) is 6.08. The number of anilines is 1. The number of hydrogen-bond donors (Lipinski definition) is 1. The molecule has 3 aromatic rings. The van der Waals surface area contributed by atoms with Crippen LogP contribution in [0.25, 0.3) is 5.65 Å². The Morgan fingerprint density at radius 1 is 1.21 bits per heavy atom. The summed E-state index contributed by atoms with van der Waals surface area (Å²) >= 11 is 0. The highest BCUT2D eigenvalue weighted by Gasteiger charge is 2.12. The van der Waals surface area contributed by atoms with Crippen LogP contribution in [0, 0.1) is 6.92 Å². The minimum atomic E-state index is -0.182. The average molecular weight is 323 g/mol. The van der Waals surface area contributed by atoms with Crippen molar-refractivity contribution < 1.29 is 4.79 Å². The van der Waals surface area contributed by atoms with E-state index >= 15 is 0 Å². The number of nitrogens with one attached hydrogen (secondary N) is 1. The largest absolute Gasteiger partial charge is 0.322 e. The monoisotopic (exact) mass is 323 g/mol. The third-order valence-electron chi connectivity index (χ3n) is 3.88. The Balaban J connectivity index is 1.72. The van der Waals surface area contributed by atoms with Crippen molar-refractivity contribution in [3.63, 3.8) is 0 Å². The number of amides is 1. The minimum absolute atomic E-state index is 0.182. The highest BCUT2D eigenvalue weighted by atomic mass is 16.1. The van der Waals surface area contributed by atoms with Crippen LogP contribution in [0.4, 0.5) is 5.69 Å². The fourth-order valence-electron chi connectivity index (χ4n) is 2.47. The summed E-state index contributed by atoms with van der Waals surface area (Å²) in [7, 11) is 4.11. The highest BCUT2D eigenvalue weighted by Crippen LogP contribution is 2.14. The summed E-state index contributed by atoms with van der Waals surface area (Å²) in [5.41, 5.74) is 3.95. The lowest BCUT2D eigenvalue weighted by molar-refractivity contribution is 0.102. The predicted octanol–water partition coefficient (Wildman–Crippen LogP) is 2.39. The van der Waals surface area contributed by atoms with Crippen LogP contribution < -0.4 is 5.32 Å². The van der Waals surface area contributed by atoms with Gasteiger partial charge in [0.2, 0.25) is 0 Å². The molecule has 0 aliphatic heterocycles. The van der Waals surface area contributed by atoms with Crippen LogP contribution in [-0.2, 0) is 6.42 Å². The number of carbonyl (C=O) groups is 1. The molecule has 0 saturated heterocycles. The van der Waals surface area contributed by atoms with Crippen molar-refractivity contribution in [2.75, 3.05) is 26.0 Å². The molecule has 124 valence electrons. The molecule has 6 nitrogen and oxygen atoms in total. The molecule has 2 aromatic heterocycles. The lowest BCUT2D eigenvalue weighted by Crippen LogP contribution is -2.16. The summed E-state index contributed by atoms with van der Waals surface area (Å²) in [6.45, 7) is 2.83. The molecule has 0 radical (unpaired) electrons. The van der Waals surface area contributed by atoms with Gasteiger partial charge in [0.15, 0.2) is 5.65 Å². The first kappa shape index (κ1) is 16.1. The normalized spacial score (nSPS) is 11.2. The Hall–Kier alpha value is -2.73. The maximum Gasteiger partial charge on any atom is 0.259 e. The van der Waals surface area contributed by atoms with E-state index in [0.717, 1.165) is 24.3 Å². The second-order valence-corrected chi connectivity index (χ2v) is 6.08. The van der Waals surface area contributed by atoms with Crippen LogP contribution in [0.15, 0.2) is 42.7 Å². The third-order valence-corrected chi connectivity index (χ3v) is 3.88. The van der Waals surface area contributed by atoms with E-state index in [0.29, 0.717) is 11.3 Å². The summed E-state index contributed by atoms with van der Waals surface area (Å²) in [6, 6.07) is 9.75. The van der Waals surface area contributed by atoms with E-state index < -0.39 is 0 Å². The van der Waals surface area contributed by atoms with Crippen molar-refractivity contribution in [1.82, 2.24) is 19.5 Å². The molecule has 1 aromatic carbocycles. The first-order valence-electron chi connectivity index (χ1n) is 7.89. The van der Waals surface area contributed by atoms with Crippen LogP contribution in [0.1, 0.15) is 21.6 Å². The molecule has 0 fully saturated rings. The Kier molecular flexibility index (Phi) is 4.57. The topological polar surface area (TPSA) is 62.5 Å². The van der Waals surface area contributed by atoms with Gasteiger partial charge in [-0.1, -0.05) is 12.1 Å². The van der Waals surface area contributed by atoms with Gasteiger partial charge in [-0.25, -0.2) is 9.50 Å². The molecule has 2 heterocycles. The number of fused-ring (bicyclic) bond motifs is 1. The Morgan fingerprint density at radius 3 is 2.67 bits per heavy atom. The van der Waals surface area contributed by atoms with E-state index in [4.69, 9.17) is 0 Å². The van der Waals surface area contributed by atoms with Crippen molar-refractivity contribution >= 4 is 17.2 Å². The zero-order valence-electron chi connectivity index (χ0n) is 14.2. The SMILES string of the molecule is Cc1nc2ccnn2cc1C(=O)Nc1ccc(CCN(C)C)cc1. The first-order valence-corrected chi connectivity index (χ1v) is 7.89. The van der Waals surface area contributed by atoms with Gasteiger partial charge < -0.3 is 10.2 Å². The molecule has 0 spiro atoms. The van der Waals surface area contributed by atoms with E-state index in [2.05, 4.69) is 34.4 Å². The lowest BCUT2D eigenvalue weighted by atomic mass is 10.1. The number of likely N-dealkylation sites (N-methyl/N-ethyl adjacent to an activating group) is 1. The van der Waals surface area contributed by atoms with Crippen molar-refractivity contribution in [2.45, 2.75) is 13.3 Å². The Morgan fingerprint density at radius 2 is 1.96 bits per heavy atom. The van der Waals surface area contributed by atoms with Gasteiger partial charge in [0.05, 0.1) is 17.5 Å². The molecule has 0 bridgehead atoms. The van der Waals surface area contributed by atoms with Crippen molar-refractivity contribution in [1.29, 1.82) is 0 Å². The summed E-state index contributed by atoms with van der Waals surface area (Å²) in [5.74, 6) is -0.182. The number of nitrogens with zero attached hydrogens (tertiary/aromatic N) is 4. The van der Waals surface area contributed by atoms with E-state index in [9.17, 15) is 4.79 Å². The quantitative estimate of drug-likeness (QED) is 0.783. The van der Waals surface area contributed by atoms with Gasteiger partial charge in [0.1, 0.15) is 0 Å². The molecule has 0 aliphatic carbocycles. The van der Waals surface area contributed by atoms with Crippen LogP contribution in [-0.4, -0.2) is 46.0 Å². The maximum absolute atomic E-state index is 12.5.